The van der Waals surface area contributed by atoms with Crippen LogP contribution in [0.15, 0.2) is 36.4 Å². The minimum Gasteiger partial charge on any atom is -0.462 e. The van der Waals surface area contributed by atoms with Gasteiger partial charge in [-0.3, -0.25) is 0 Å². The maximum absolute atomic E-state index is 13.9. The quantitative estimate of drug-likeness (QED) is 0.747. The molecular weight excluding hydrogens is 302 g/mol. The van der Waals surface area contributed by atoms with Gasteiger partial charge in [-0.05, 0) is 42.8 Å². The Morgan fingerprint density at radius 1 is 1.15 bits per heavy atom. The van der Waals surface area contributed by atoms with Crippen molar-refractivity contribution in [3.63, 3.8) is 0 Å². The zero-order valence-electron chi connectivity index (χ0n) is 10.6. The van der Waals surface area contributed by atoms with Crippen LogP contribution in [0.4, 0.5) is 4.39 Å². The average Bonchev–Trinajstić information content (AvgIpc) is 2.43. The minimum absolute atomic E-state index is 0.262. The molecule has 0 unspecified atom stereocenters. The van der Waals surface area contributed by atoms with Gasteiger partial charge in [0.15, 0.2) is 0 Å². The summed E-state index contributed by atoms with van der Waals surface area (Å²) >= 11 is 11.8. The molecule has 2 rings (SSSR count). The summed E-state index contributed by atoms with van der Waals surface area (Å²) in [4.78, 5) is 11.7. The van der Waals surface area contributed by atoms with Crippen molar-refractivity contribution in [2.24, 2.45) is 0 Å². The number of esters is 1. The molecule has 0 aliphatic carbocycles. The minimum atomic E-state index is -0.492. The van der Waals surface area contributed by atoms with Crippen molar-refractivity contribution in [2.45, 2.75) is 6.92 Å². The van der Waals surface area contributed by atoms with Crippen LogP contribution in [0.2, 0.25) is 10.0 Å². The summed E-state index contributed by atoms with van der Waals surface area (Å²) < 4.78 is 18.8. The lowest BCUT2D eigenvalue weighted by molar-refractivity contribution is 0.0526. The molecule has 0 aliphatic rings. The Kier molecular flexibility index (Phi) is 4.63. The van der Waals surface area contributed by atoms with E-state index in [9.17, 15) is 9.18 Å². The molecule has 0 aromatic heterocycles. The van der Waals surface area contributed by atoms with Crippen LogP contribution in [0.1, 0.15) is 17.3 Å². The van der Waals surface area contributed by atoms with E-state index in [1.165, 1.54) is 18.2 Å². The summed E-state index contributed by atoms with van der Waals surface area (Å²) in [5, 5.41) is 0.711. The number of carbonyl (C=O) groups is 1. The Hall–Kier alpha value is -1.58. The van der Waals surface area contributed by atoms with Crippen LogP contribution in [0.5, 0.6) is 0 Å². The zero-order valence-corrected chi connectivity index (χ0v) is 12.1. The van der Waals surface area contributed by atoms with Crippen LogP contribution in [0.25, 0.3) is 11.1 Å². The first kappa shape index (κ1) is 14.8. The zero-order chi connectivity index (χ0) is 14.7. The highest BCUT2D eigenvalue weighted by atomic mass is 35.5. The molecule has 0 atom stereocenters. The van der Waals surface area contributed by atoms with Gasteiger partial charge in [0.1, 0.15) is 5.82 Å². The van der Waals surface area contributed by atoms with Crippen molar-refractivity contribution in [2.75, 3.05) is 6.61 Å². The number of benzene rings is 2. The fourth-order valence-corrected chi connectivity index (χ4v) is 2.05. The largest absolute Gasteiger partial charge is 0.462 e. The lowest BCUT2D eigenvalue weighted by Gasteiger charge is -2.08. The first-order valence-electron chi connectivity index (χ1n) is 5.95. The third-order valence-corrected chi connectivity index (χ3v) is 3.45. The van der Waals surface area contributed by atoms with Crippen LogP contribution in [0.3, 0.4) is 0 Å². The SMILES string of the molecule is CCOC(=O)c1ccc(F)c(-c2ccc(Cl)c(Cl)c2)c1. The molecule has 0 bridgehead atoms. The smallest absolute Gasteiger partial charge is 0.338 e. The third-order valence-electron chi connectivity index (χ3n) is 2.71. The Bertz CT molecular complexity index is 656. The average molecular weight is 313 g/mol. The van der Waals surface area contributed by atoms with Gasteiger partial charge in [-0.2, -0.15) is 0 Å². The second-order valence-electron chi connectivity index (χ2n) is 4.04. The second kappa shape index (κ2) is 6.25. The molecule has 5 heteroatoms. The summed E-state index contributed by atoms with van der Waals surface area (Å²) in [5.41, 5.74) is 1.10. The highest BCUT2D eigenvalue weighted by Crippen LogP contribution is 2.30. The van der Waals surface area contributed by atoms with E-state index in [-0.39, 0.29) is 17.7 Å². The molecule has 0 aliphatic heterocycles. The van der Waals surface area contributed by atoms with Crippen LogP contribution in [-0.4, -0.2) is 12.6 Å². The van der Waals surface area contributed by atoms with E-state index >= 15 is 0 Å². The number of ether oxygens (including phenoxy) is 1. The highest BCUT2D eigenvalue weighted by Gasteiger charge is 2.12. The van der Waals surface area contributed by atoms with E-state index in [0.29, 0.717) is 15.6 Å². The van der Waals surface area contributed by atoms with Gasteiger partial charge in [-0.15, -0.1) is 0 Å². The van der Waals surface area contributed by atoms with E-state index in [1.807, 2.05) is 0 Å². The molecule has 0 saturated carbocycles. The summed E-state index contributed by atoms with van der Waals surface area (Å²) in [5.74, 6) is -0.940. The van der Waals surface area contributed by atoms with Gasteiger partial charge < -0.3 is 4.74 Å². The second-order valence-corrected chi connectivity index (χ2v) is 4.86. The molecule has 2 aromatic carbocycles. The number of halogens is 3. The van der Waals surface area contributed by atoms with Crippen molar-refractivity contribution >= 4 is 29.2 Å². The molecule has 0 saturated heterocycles. The molecule has 0 fully saturated rings. The summed E-state index contributed by atoms with van der Waals surface area (Å²) in [6, 6.07) is 8.82. The number of rotatable bonds is 3. The molecule has 0 radical (unpaired) electrons. The molecule has 0 spiro atoms. The van der Waals surface area contributed by atoms with E-state index in [1.54, 1.807) is 25.1 Å². The fourth-order valence-electron chi connectivity index (χ4n) is 1.75. The van der Waals surface area contributed by atoms with Crippen molar-refractivity contribution < 1.29 is 13.9 Å². The van der Waals surface area contributed by atoms with Gasteiger partial charge >= 0.3 is 5.97 Å². The first-order chi connectivity index (χ1) is 9.52. The van der Waals surface area contributed by atoms with E-state index in [4.69, 9.17) is 27.9 Å². The molecule has 0 N–H and O–H groups in total. The van der Waals surface area contributed by atoms with Crippen LogP contribution in [0, 0.1) is 5.82 Å². The molecule has 0 amide bonds. The van der Waals surface area contributed by atoms with Crippen LogP contribution >= 0.6 is 23.2 Å². The lowest BCUT2D eigenvalue weighted by Crippen LogP contribution is -2.05. The molecular formula is C15H11Cl2FO2. The Labute approximate surface area is 126 Å². The predicted octanol–water partition coefficient (Wildman–Crippen LogP) is 4.98. The standard InChI is InChI=1S/C15H11Cl2FO2/c1-2-20-15(19)10-4-6-14(18)11(7-10)9-3-5-12(16)13(17)8-9/h3-8H,2H2,1H3. The van der Waals surface area contributed by atoms with Gasteiger partial charge in [0, 0.05) is 5.56 Å². The Balaban J connectivity index is 2.47. The van der Waals surface area contributed by atoms with E-state index in [2.05, 4.69) is 0 Å². The first-order valence-corrected chi connectivity index (χ1v) is 6.70. The number of hydrogen-bond acceptors (Lipinski definition) is 2. The van der Waals surface area contributed by atoms with Crippen molar-refractivity contribution in [3.05, 3.63) is 57.8 Å². The molecule has 104 valence electrons. The topological polar surface area (TPSA) is 26.3 Å². The van der Waals surface area contributed by atoms with Crippen molar-refractivity contribution in [1.29, 1.82) is 0 Å². The Morgan fingerprint density at radius 2 is 1.90 bits per heavy atom. The highest BCUT2D eigenvalue weighted by molar-refractivity contribution is 6.42. The lowest BCUT2D eigenvalue weighted by atomic mass is 10.0. The van der Waals surface area contributed by atoms with E-state index in [0.717, 1.165) is 0 Å². The van der Waals surface area contributed by atoms with Gasteiger partial charge in [-0.25, -0.2) is 9.18 Å². The molecule has 20 heavy (non-hydrogen) atoms. The van der Waals surface area contributed by atoms with Crippen molar-refractivity contribution in [3.8, 4) is 11.1 Å². The summed E-state index contributed by atoms with van der Waals surface area (Å²) in [6.07, 6.45) is 0. The molecule has 2 nitrogen and oxygen atoms in total. The van der Waals surface area contributed by atoms with Crippen molar-refractivity contribution in [1.82, 2.24) is 0 Å². The third kappa shape index (κ3) is 3.11. The summed E-state index contributed by atoms with van der Waals surface area (Å²) in [7, 11) is 0. The molecule has 0 heterocycles. The van der Waals surface area contributed by atoms with E-state index < -0.39 is 11.8 Å². The predicted molar refractivity (Wildman–Crippen MR) is 77.8 cm³/mol. The fraction of sp³-hybridized carbons (Fsp3) is 0.133. The normalized spacial score (nSPS) is 10.4. The maximum Gasteiger partial charge on any atom is 0.338 e. The Morgan fingerprint density at radius 3 is 2.55 bits per heavy atom. The monoisotopic (exact) mass is 312 g/mol. The van der Waals surface area contributed by atoms with Gasteiger partial charge in [-0.1, -0.05) is 29.3 Å². The maximum atomic E-state index is 13.9. The van der Waals surface area contributed by atoms with Gasteiger partial charge in [0.2, 0.25) is 0 Å². The van der Waals surface area contributed by atoms with Gasteiger partial charge in [0.25, 0.3) is 0 Å². The van der Waals surface area contributed by atoms with Crippen LogP contribution in [-0.2, 0) is 4.74 Å². The number of hydrogen-bond donors (Lipinski definition) is 0. The summed E-state index contributed by atoms with van der Waals surface area (Å²) in [6.45, 7) is 1.97. The number of carbonyl (C=O) groups excluding carboxylic acids is 1. The molecule has 2 aromatic rings. The van der Waals surface area contributed by atoms with Gasteiger partial charge in [0.05, 0.1) is 22.2 Å². The van der Waals surface area contributed by atoms with Crippen LogP contribution < -0.4 is 0 Å².